The molecule has 0 saturated heterocycles. The summed E-state index contributed by atoms with van der Waals surface area (Å²) >= 11 is 0. The highest BCUT2D eigenvalue weighted by Crippen LogP contribution is 2.50. The molecule has 3 aliphatic rings. The van der Waals surface area contributed by atoms with Crippen LogP contribution in [0.15, 0.2) is 108 Å². The van der Waals surface area contributed by atoms with Gasteiger partial charge in [-0.25, -0.2) is 4.57 Å². The third kappa shape index (κ3) is 7.96. The topological polar surface area (TPSA) is 56.3 Å². The van der Waals surface area contributed by atoms with Crippen molar-refractivity contribution in [1.29, 1.82) is 0 Å². The third-order valence-electron chi connectivity index (χ3n) is 11.7. The van der Waals surface area contributed by atoms with Gasteiger partial charge in [-0.2, -0.15) is 4.58 Å². The Hall–Kier alpha value is -4.66. The maximum Gasteiger partial charge on any atom is 0.210 e. The van der Waals surface area contributed by atoms with Gasteiger partial charge in [0.2, 0.25) is 5.69 Å². The predicted molar refractivity (Wildman–Crippen MR) is 225 cm³/mol. The fraction of sp³-hybridized carbons (Fsp3) is 0.458. The van der Waals surface area contributed by atoms with E-state index in [9.17, 15) is 0 Å². The minimum absolute atomic E-state index is 0.167. The van der Waals surface area contributed by atoms with Gasteiger partial charge in [0.05, 0.1) is 26.2 Å². The van der Waals surface area contributed by atoms with E-state index in [2.05, 4.69) is 143 Å². The second-order valence-electron chi connectivity index (χ2n) is 17.3. The van der Waals surface area contributed by atoms with Gasteiger partial charge in [0.15, 0.2) is 24.7 Å². The molecule has 0 fully saturated rings. The molecule has 0 amide bonds. The van der Waals surface area contributed by atoms with Crippen molar-refractivity contribution in [2.75, 3.05) is 59.6 Å². The van der Waals surface area contributed by atoms with Gasteiger partial charge in [0, 0.05) is 78.4 Å². The van der Waals surface area contributed by atoms with Crippen molar-refractivity contribution < 1.29 is 32.8 Å². The zero-order valence-corrected chi connectivity index (χ0v) is 35.8. The van der Waals surface area contributed by atoms with Crippen LogP contribution < -0.4 is 18.9 Å². The molecule has 0 saturated carbocycles. The lowest BCUT2D eigenvalue weighted by Crippen LogP contribution is -2.29. The van der Waals surface area contributed by atoms with Crippen LogP contribution in [-0.4, -0.2) is 65.0 Å². The number of methoxy groups -OCH3 is 4. The molecule has 2 aliphatic heterocycles. The van der Waals surface area contributed by atoms with Gasteiger partial charge in [-0.1, -0.05) is 40.7 Å². The number of aryl methyl sites for hydroxylation is 1. The molecule has 3 heterocycles. The summed E-state index contributed by atoms with van der Waals surface area (Å²) < 4.78 is 34.3. The highest BCUT2D eigenvalue weighted by molar-refractivity contribution is 6.03. The number of hydrogen-bond acceptors (Lipinski definition) is 6. The Bertz CT molecular complexity index is 2080. The second kappa shape index (κ2) is 16.4. The fourth-order valence-electron chi connectivity index (χ4n) is 8.49. The molecular formula is C48H63N3O5+2. The molecular weight excluding hydrogens is 699 g/mol. The van der Waals surface area contributed by atoms with Crippen molar-refractivity contribution in [2.24, 2.45) is 12.5 Å². The molecule has 0 N–H and O–H groups in total. The van der Waals surface area contributed by atoms with Crippen LogP contribution in [0.25, 0.3) is 0 Å². The Labute approximate surface area is 335 Å². The molecule has 0 radical (unpaired) electrons. The number of benzene rings is 2. The Morgan fingerprint density at radius 2 is 1.45 bits per heavy atom. The summed E-state index contributed by atoms with van der Waals surface area (Å²) in [5.74, 6) is 2.69. The van der Waals surface area contributed by atoms with E-state index in [0.717, 1.165) is 48.8 Å². The van der Waals surface area contributed by atoms with Crippen LogP contribution in [0.5, 0.6) is 11.5 Å². The van der Waals surface area contributed by atoms with E-state index in [1.165, 1.54) is 45.1 Å². The SMILES string of the molecule is COCCN1/C(=C/C=C2\CCC(/C=C/C3=[N+](CCOC)c4ccc(OC)cc4C3(C)C)=C2OC(c2cc[n+](C)cc2)C(C)(C)C)C(C)(C)c2cc(OC)ccc21. The summed E-state index contributed by atoms with van der Waals surface area (Å²) in [6, 6.07) is 17.2. The monoisotopic (exact) mass is 761 g/mol. The second-order valence-corrected chi connectivity index (χ2v) is 17.3. The van der Waals surface area contributed by atoms with Crippen molar-refractivity contribution in [1.82, 2.24) is 0 Å². The van der Waals surface area contributed by atoms with E-state index in [1.54, 1.807) is 28.4 Å². The summed E-state index contributed by atoms with van der Waals surface area (Å²) in [6.07, 6.45) is 15.0. The molecule has 1 atom stereocenters. The average Bonchev–Trinajstić information content (AvgIpc) is 3.73. The first kappa shape index (κ1) is 41.0. The van der Waals surface area contributed by atoms with E-state index in [4.69, 9.17) is 23.7 Å². The molecule has 8 heteroatoms. The summed E-state index contributed by atoms with van der Waals surface area (Å²) in [5, 5.41) is 0. The average molecular weight is 762 g/mol. The minimum atomic E-state index is -0.248. The molecule has 56 heavy (non-hydrogen) atoms. The van der Waals surface area contributed by atoms with Gasteiger partial charge >= 0.3 is 0 Å². The number of nitrogens with zero attached hydrogens (tertiary/aromatic N) is 3. The molecule has 6 rings (SSSR count). The summed E-state index contributed by atoms with van der Waals surface area (Å²) in [4.78, 5) is 2.40. The van der Waals surface area contributed by atoms with Crippen molar-refractivity contribution in [3.05, 3.63) is 125 Å². The van der Waals surface area contributed by atoms with Crippen LogP contribution in [0.4, 0.5) is 11.4 Å². The molecule has 1 aliphatic carbocycles. The molecule has 3 aromatic rings. The molecule has 1 aromatic heterocycles. The Balaban J connectivity index is 1.48. The first-order valence-electron chi connectivity index (χ1n) is 19.9. The fourth-order valence-corrected chi connectivity index (χ4v) is 8.49. The van der Waals surface area contributed by atoms with Crippen molar-refractivity contribution in [3.8, 4) is 11.5 Å². The van der Waals surface area contributed by atoms with Crippen LogP contribution in [-0.2, 0) is 32.1 Å². The number of pyridine rings is 1. The van der Waals surface area contributed by atoms with Crippen LogP contribution in [0, 0.1) is 5.41 Å². The van der Waals surface area contributed by atoms with E-state index >= 15 is 0 Å². The maximum atomic E-state index is 7.34. The quantitative estimate of drug-likeness (QED) is 0.153. The summed E-state index contributed by atoms with van der Waals surface area (Å²) in [6.45, 7) is 18.7. The van der Waals surface area contributed by atoms with E-state index in [-0.39, 0.29) is 22.3 Å². The Morgan fingerprint density at radius 3 is 2.09 bits per heavy atom. The van der Waals surface area contributed by atoms with Crippen molar-refractivity contribution in [3.63, 3.8) is 0 Å². The number of ether oxygens (including phenoxy) is 5. The van der Waals surface area contributed by atoms with Gasteiger partial charge in [0.25, 0.3) is 0 Å². The molecule has 8 nitrogen and oxygen atoms in total. The van der Waals surface area contributed by atoms with Crippen molar-refractivity contribution in [2.45, 2.75) is 78.2 Å². The van der Waals surface area contributed by atoms with Gasteiger partial charge < -0.3 is 28.6 Å². The molecule has 2 aromatic carbocycles. The standard InChI is InChI=1S/C48H63N3O5/c1-46(2,3)45(35-23-25-49(8)26-24-35)56-44-33(15-21-42-47(4,5)38-31-36(54-11)17-19-40(38)50(42)27-29-52-9)13-14-34(44)16-22-43-48(6,7)39-32-37(55-12)18-20-41(39)51(43)28-30-53-10/h15-26,31-32,45H,13-14,27-30H2,1-12H3/q+2. The number of fused-ring (bicyclic) bond motifs is 2. The number of aromatic nitrogens is 1. The summed E-state index contributed by atoms with van der Waals surface area (Å²) in [7, 11) is 9.04. The molecule has 1 unspecified atom stereocenters. The zero-order chi connectivity index (χ0) is 40.4. The first-order valence-corrected chi connectivity index (χ1v) is 19.9. The van der Waals surface area contributed by atoms with E-state index in [1.807, 2.05) is 12.1 Å². The van der Waals surface area contributed by atoms with Crippen LogP contribution >= 0.6 is 0 Å². The van der Waals surface area contributed by atoms with Crippen molar-refractivity contribution >= 4 is 17.1 Å². The third-order valence-corrected chi connectivity index (χ3v) is 11.7. The lowest BCUT2D eigenvalue weighted by atomic mass is 9.81. The van der Waals surface area contributed by atoms with E-state index < -0.39 is 0 Å². The Kier molecular flexibility index (Phi) is 12.0. The van der Waals surface area contributed by atoms with Gasteiger partial charge in [-0.3, -0.25) is 0 Å². The maximum absolute atomic E-state index is 7.34. The minimum Gasteiger partial charge on any atom is -0.497 e. The van der Waals surface area contributed by atoms with Crippen LogP contribution in [0.1, 0.15) is 84.1 Å². The number of anilines is 1. The number of hydrogen-bond donors (Lipinski definition) is 0. The Morgan fingerprint density at radius 1 is 0.786 bits per heavy atom. The lowest BCUT2D eigenvalue weighted by Gasteiger charge is -2.32. The highest BCUT2D eigenvalue weighted by atomic mass is 16.5. The van der Waals surface area contributed by atoms with Crippen LogP contribution in [0.3, 0.4) is 0 Å². The number of allylic oxidation sites excluding steroid dienone is 7. The zero-order valence-electron chi connectivity index (χ0n) is 35.8. The highest BCUT2D eigenvalue weighted by Gasteiger charge is 2.45. The number of rotatable bonds is 14. The normalized spacial score (nSPS) is 19.4. The lowest BCUT2D eigenvalue weighted by molar-refractivity contribution is -0.671. The van der Waals surface area contributed by atoms with E-state index in [0.29, 0.717) is 13.2 Å². The predicted octanol–water partition coefficient (Wildman–Crippen LogP) is 9.21. The van der Waals surface area contributed by atoms with Gasteiger partial charge in [0.1, 0.15) is 37.0 Å². The largest absolute Gasteiger partial charge is 0.497 e. The van der Waals surface area contributed by atoms with Crippen LogP contribution in [0.2, 0.25) is 0 Å². The molecule has 0 spiro atoms. The molecule has 298 valence electrons. The van der Waals surface area contributed by atoms with Gasteiger partial charge in [-0.05, 0) is 85.9 Å². The smallest absolute Gasteiger partial charge is 0.210 e. The molecule has 0 bridgehead atoms. The first-order chi connectivity index (χ1) is 26.6. The summed E-state index contributed by atoms with van der Waals surface area (Å²) in [5.41, 5.74) is 10.2. The van der Waals surface area contributed by atoms with Gasteiger partial charge in [-0.15, -0.1) is 0 Å².